The van der Waals surface area contributed by atoms with Gasteiger partial charge in [-0.15, -0.1) is 23.1 Å². The Hall–Kier alpha value is -2.11. The number of thiophene rings is 1. The number of anilines is 1. The van der Waals surface area contributed by atoms with Gasteiger partial charge in [-0.25, -0.2) is 0 Å². The molecule has 0 N–H and O–H groups in total. The molecule has 2 saturated heterocycles. The SMILES string of the molecule is COC(=O)C1(COC(C)=O)CS[C@H]2N(C1)C(=O)C2(OC)N(C(C)=O)c1cccs1. The number of esters is 2. The summed E-state index contributed by atoms with van der Waals surface area (Å²) in [4.78, 5) is 52.3. The van der Waals surface area contributed by atoms with E-state index in [0.29, 0.717) is 5.00 Å². The number of amides is 2. The largest absolute Gasteiger partial charge is 0.468 e. The van der Waals surface area contributed by atoms with Gasteiger partial charge in [0.15, 0.2) is 0 Å². The summed E-state index contributed by atoms with van der Waals surface area (Å²) in [5, 5.41) is 1.89. The number of methoxy groups -OCH3 is 2. The molecule has 2 unspecified atom stereocenters. The standard InChI is InChI=1S/C18H22N2O7S2/c1-11(21)20(13-6-5-7-28-13)18(26-4)14(23)19-8-17(16(24)25-3,9-27-12(2)22)10-29-15(18)19/h5-7,15H,8-10H2,1-4H3/t15-,17?,18?/m1/s1. The van der Waals surface area contributed by atoms with Crippen molar-refractivity contribution in [2.45, 2.75) is 24.9 Å². The molecule has 29 heavy (non-hydrogen) atoms. The molecule has 2 fully saturated rings. The molecule has 9 nitrogen and oxygen atoms in total. The number of fused-ring (bicyclic) bond motifs is 1. The van der Waals surface area contributed by atoms with Crippen LogP contribution in [-0.2, 0) is 33.4 Å². The third-order valence-electron chi connectivity index (χ3n) is 5.03. The maximum absolute atomic E-state index is 13.3. The first kappa shape index (κ1) is 21.6. The van der Waals surface area contributed by atoms with Gasteiger partial charge in [0.05, 0.1) is 7.11 Å². The zero-order valence-corrected chi connectivity index (χ0v) is 18.1. The highest BCUT2D eigenvalue weighted by molar-refractivity contribution is 8.00. The summed E-state index contributed by atoms with van der Waals surface area (Å²) in [6.07, 6.45) is 0. The summed E-state index contributed by atoms with van der Waals surface area (Å²) in [5.41, 5.74) is -2.67. The lowest BCUT2D eigenvalue weighted by Crippen LogP contribution is -2.83. The van der Waals surface area contributed by atoms with E-state index in [1.165, 1.54) is 61.0 Å². The summed E-state index contributed by atoms with van der Waals surface area (Å²) in [6.45, 7) is 2.44. The third kappa shape index (κ3) is 3.30. The van der Waals surface area contributed by atoms with Crippen LogP contribution in [0.25, 0.3) is 0 Å². The van der Waals surface area contributed by atoms with E-state index in [4.69, 9.17) is 14.2 Å². The van der Waals surface area contributed by atoms with Crippen molar-refractivity contribution in [2.24, 2.45) is 5.41 Å². The second-order valence-electron chi connectivity index (χ2n) is 6.85. The summed E-state index contributed by atoms with van der Waals surface area (Å²) >= 11 is 2.62. The summed E-state index contributed by atoms with van der Waals surface area (Å²) in [6, 6.07) is 3.53. The Bertz CT molecular complexity index is 830. The lowest BCUT2D eigenvalue weighted by Gasteiger charge is -2.61. The van der Waals surface area contributed by atoms with Gasteiger partial charge in [-0.05, 0) is 17.5 Å². The van der Waals surface area contributed by atoms with Gasteiger partial charge < -0.3 is 19.1 Å². The van der Waals surface area contributed by atoms with Crippen molar-refractivity contribution in [3.05, 3.63) is 17.5 Å². The van der Waals surface area contributed by atoms with Gasteiger partial charge in [-0.1, -0.05) is 0 Å². The Morgan fingerprint density at radius 3 is 2.55 bits per heavy atom. The zero-order valence-electron chi connectivity index (χ0n) is 16.5. The molecule has 3 atom stereocenters. The maximum atomic E-state index is 13.3. The second-order valence-corrected chi connectivity index (χ2v) is 8.85. The molecule has 1 aromatic heterocycles. The van der Waals surface area contributed by atoms with Crippen LogP contribution in [0.3, 0.4) is 0 Å². The van der Waals surface area contributed by atoms with Crippen LogP contribution in [-0.4, -0.2) is 72.9 Å². The first-order chi connectivity index (χ1) is 13.7. The van der Waals surface area contributed by atoms with Crippen LogP contribution in [0.15, 0.2) is 17.5 Å². The van der Waals surface area contributed by atoms with Crippen molar-refractivity contribution in [2.75, 3.05) is 38.0 Å². The van der Waals surface area contributed by atoms with E-state index in [1.807, 2.05) is 5.38 Å². The Morgan fingerprint density at radius 2 is 2.03 bits per heavy atom. The van der Waals surface area contributed by atoms with Crippen LogP contribution in [0.5, 0.6) is 0 Å². The number of β-lactam (4-membered cyclic amide) rings is 1. The molecule has 0 radical (unpaired) electrons. The first-order valence-corrected chi connectivity index (χ1v) is 10.7. The number of nitrogens with zero attached hydrogens (tertiary/aromatic N) is 2. The Morgan fingerprint density at radius 1 is 1.31 bits per heavy atom. The highest BCUT2D eigenvalue weighted by atomic mass is 32.2. The molecule has 0 spiro atoms. The summed E-state index contributed by atoms with van der Waals surface area (Å²) in [5.74, 6) is -1.61. The number of carbonyl (C=O) groups excluding carboxylic acids is 4. The number of carbonyl (C=O) groups is 4. The van der Waals surface area contributed by atoms with Gasteiger partial charge in [0, 0.05) is 33.3 Å². The molecular weight excluding hydrogens is 420 g/mol. The van der Waals surface area contributed by atoms with Crippen molar-refractivity contribution >= 4 is 51.9 Å². The fourth-order valence-electron chi connectivity index (χ4n) is 3.69. The Balaban J connectivity index is 1.92. The molecule has 0 aliphatic carbocycles. The second kappa shape index (κ2) is 7.96. The fraction of sp³-hybridized carbons (Fsp3) is 0.556. The lowest BCUT2D eigenvalue weighted by atomic mass is 9.86. The van der Waals surface area contributed by atoms with Gasteiger partial charge in [0.2, 0.25) is 5.91 Å². The van der Waals surface area contributed by atoms with E-state index < -0.39 is 34.4 Å². The molecule has 3 rings (SSSR count). The fourth-order valence-corrected chi connectivity index (χ4v) is 6.16. The molecule has 158 valence electrons. The van der Waals surface area contributed by atoms with Crippen molar-refractivity contribution in [3.63, 3.8) is 0 Å². The van der Waals surface area contributed by atoms with Gasteiger partial charge in [0.1, 0.15) is 22.4 Å². The number of ether oxygens (including phenoxy) is 3. The number of hydrogen-bond donors (Lipinski definition) is 0. The van der Waals surface area contributed by atoms with Crippen LogP contribution >= 0.6 is 23.1 Å². The Kier molecular flexibility index (Phi) is 5.93. The quantitative estimate of drug-likeness (QED) is 0.366. The highest BCUT2D eigenvalue weighted by Gasteiger charge is 2.70. The normalized spacial score (nSPS) is 28.2. The molecule has 2 amide bonds. The predicted molar refractivity (Wildman–Crippen MR) is 106 cm³/mol. The van der Waals surface area contributed by atoms with E-state index in [-0.39, 0.29) is 24.8 Å². The van der Waals surface area contributed by atoms with Crippen molar-refractivity contribution in [3.8, 4) is 0 Å². The average molecular weight is 443 g/mol. The van der Waals surface area contributed by atoms with Gasteiger partial charge in [-0.2, -0.15) is 0 Å². The Labute approximate surface area is 176 Å². The smallest absolute Gasteiger partial charge is 0.317 e. The minimum Gasteiger partial charge on any atom is -0.468 e. The van der Waals surface area contributed by atoms with Crippen LogP contribution < -0.4 is 4.90 Å². The van der Waals surface area contributed by atoms with Crippen molar-refractivity contribution < 1.29 is 33.4 Å². The molecule has 3 heterocycles. The maximum Gasteiger partial charge on any atom is 0.317 e. The van der Waals surface area contributed by atoms with Crippen LogP contribution in [0, 0.1) is 5.41 Å². The van der Waals surface area contributed by atoms with E-state index in [2.05, 4.69) is 0 Å². The van der Waals surface area contributed by atoms with Crippen LogP contribution in [0.4, 0.5) is 5.00 Å². The topological polar surface area (TPSA) is 102 Å². The number of rotatable bonds is 6. The number of hydrogen-bond acceptors (Lipinski definition) is 9. The predicted octanol–water partition coefficient (Wildman–Crippen LogP) is 1.08. The van der Waals surface area contributed by atoms with Gasteiger partial charge in [-0.3, -0.25) is 24.1 Å². The average Bonchev–Trinajstić information content (AvgIpc) is 3.22. The molecule has 11 heteroatoms. The van der Waals surface area contributed by atoms with Crippen molar-refractivity contribution in [1.82, 2.24) is 4.90 Å². The molecule has 2 aliphatic rings. The monoisotopic (exact) mass is 442 g/mol. The number of thioether (sulfide) groups is 1. The van der Waals surface area contributed by atoms with Crippen LogP contribution in [0.1, 0.15) is 13.8 Å². The van der Waals surface area contributed by atoms with Gasteiger partial charge >= 0.3 is 11.9 Å². The molecular formula is C18H22N2O7S2. The minimum atomic E-state index is -1.49. The lowest BCUT2D eigenvalue weighted by molar-refractivity contribution is -0.195. The van der Waals surface area contributed by atoms with Gasteiger partial charge in [0.25, 0.3) is 11.6 Å². The van der Waals surface area contributed by atoms with E-state index in [0.717, 1.165) is 0 Å². The molecule has 0 bridgehead atoms. The summed E-state index contributed by atoms with van der Waals surface area (Å²) in [7, 11) is 2.64. The first-order valence-electron chi connectivity index (χ1n) is 8.77. The van der Waals surface area contributed by atoms with E-state index in [1.54, 1.807) is 12.1 Å². The van der Waals surface area contributed by atoms with Crippen LogP contribution in [0.2, 0.25) is 0 Å². The van der Waals surface area contributed by atoms with E-state index >= 15 is 0 Å². The third-order valence-corrected chi connectivity index (χ3v) is 7.49. The summed E-state index contributed by atoms with van der Waals surface area (Å²) < 4.78 is 15.7. The highest BCUT2D eigenvalue weighted by Crippen LogP contribution is 2.51. The molecule has 1 aromatic rings. The molecule has 0 saturated carbocycles. The molecule has 0 aromatic carbocycles. The van der Waals surface area contributed by atoms with Crippen molar-refractivity contribution in [1.29, 1.82) is 0 Å². The molecule has 2 aliphatic heterocycles. The minimum absolute atomic E-state index is 0.00471. The van der Waals surface area contributed by atoms with E-state index in [9.17, 15) is 19.2 Å². The zero-order chi connectivity index (χ0) is 21.4.